The fourth-order valence-electron chi connectivity index (χ4n) is 1.86. The van der Waals surface area contributed by atoms with E-state index >= 15 is 0 Å². The van der Waals surface area contributed by atoms with E-state index in [4.69, 9.17) is 9.47 Å². The number of rotatable bonds is 3. The number of hydrogen-bond acceptors (Lipinski definition) is 4. The van der Waals surface area contributed by atoms with Gasteiger partial charge in [-0.2, -0.15) is 0 Å². The van der Waals surface area contributed by atoms with Crippen molar-refractivity contribution in [2.24, 2.45) is 0 Å². The van der Waals surface area contributed by atoms with Crippen LogP contribution in [0.2, 0.25) is 0 Å². The average Bonchev–Trinajstić information content (AvgIpc) is 2.38. The van der Waals surface area contributed by atoms with Crippen LogP contribution >= 0.6 is 0 Å². The SMILES string of the molecule is COc1cc(OC)cc(C2NCCNC2=O)c1. The summed E-state index contributed by atoms with van der Waals surface area (Å²) in [5.41, 5.74) is 0.846. The molecule has 0 radical (unpaired) electrons. The second-order valence-electron chi connectivity index (χ2n) is 3.82. The van der Waals surface area contributed by atoms with Crippen LogP contribution in [-0.4, -0.2) is 33.2 Å². The van der Waals surface area contributed by atoms with Crippen molar-refractivity contribution in [2.45, 2.75) is 6.04 Å². The van der Waals surface area contributed by atoms with Crippen molar-refractivity contribution in [1.82, 2.24) is 10.6 Å². The predicted octanol–water partition coefficient (Wildman–Crippen LogP) is 0.464. The number of hydrogen-bond donors (Lipinski definition) is 2. The molecule has 1 fully saturated rings. The molecule has 0 bridgehead atoms. The molecule has 1 aliphatic rings. The molecule has 2 rings (SSSR count). The van der Waals surface area contributed by atoms with Crippen molar-refractivity contribution >= 4 is 5.91 Å². The van der Waals surface area contributed by atoms with E-state index in [0.717, 1.165) is 12.1 Å². The Morgan fingerprint density at radius 1 is 1.12 bits per heavy atom. The first-order chi connectivity index (χ1) is 8.24. The monoisotopic (exact) mass is 236 g/mol. The quantitative estimate of drug-likeness (QED) is 0.800. The van der Waals surface area contributed by atoms with Crippen molar-refractivity contribution in [1.29, 1.82) is 0 Å². The highest BCUT2D eigenvalue weighted by Crippen LogP contribution is 2.27. The van der Waals surface area contributed by atoms with Crippen LogP contribution in [-0.2, 0) is 4.79 Å². The van der Waals surface area contributed by atoms with Crippen LogP contribution in [0.5, 0.6) is 11.5 Å². The van der Waals surface area contributed by atoms with Gasteiger partial charge in [0.2, 0.25) is 5.91 Å². The topological polar surface area (TPSA) is 59.6 Å². The number of amides is 1. The number of carbonyl (C=O) groups excluding carboxylic acids is 1. The van der Waals surface area contributed by atoms with Crippen LogP contribution in [0.15, 0.2) is 18.2 Å². The van der Waals surface area contributed by atoms with Gasteiger partial charge < -0.3 is 20.1 Å². The molecule has 5 nitrogen and oxygen atoms in total. The third kappa shape index (κ3) is 2.50. The second kappa shape index (κ2) is 5.05. The predicted molar refractivity (Wildman–Crippen MR) is 63.3 cm³/mol. The summed E-state index contributed by atoms with van der Waals surface area (Å²) in [5.74, 6) is 1.34. The van der Waals surface area contributed by atoms with Crippen LogP contribution < -0.4 is 20.1 Å². The minimum atomic E-state index is -0.340. The van der Waals surface area contributed by atoms with Gasteiger partial charge in [0.15, 0.2) is 0 Å². The Kier molecular flexibility index (Phi) is 3.49. The zero-order valence-corrected chi connectivity index (χ0v) is 9.95. The Hall–Kier alpha value is -1.75. The molecule has 1 atom stereocenters. The molecule has 92 valence electrons. The molecule has 0 spiro atoms. The molecule has 5 heteroatoms. The number of carbonyl (C=O) groups is 1. The Morgan fingerprint density at radius 2 is 1.76 bits per heavy atom. The van der Waals surface area contributed by atoms with Crippen molar-refractivity contribution in [3.8, 4) is 11.5 Å². The second-order valence-corrected chi connectivity index (χ2v) is 3.82. The van der Waals surface area contributed by atoms with E-state index in [0.29, 0.717) is 18.0 Å². The van der Waals surface area contributed by atoms with E-state index in [1.807, 2.05) is 12.1 Å². The number of benzene rings is 1. The number of nitrogens with one attached hydrogen (secondary N) is 2. The molecule has 0 aliphatic carbocycles. The van der Waals surface area contributed by atoms with Crippen LogP contribution in [0.3, 0.4) is 0 Å². The van der Waals surface area contributed by atoms with Gasteiger partial charge >= 0.3 is 0 Å². The summed E-state index contributed by atoms with van der Waals surface area (Å²) in [5, 5.41) is 5.99. The fourth-order valence-corrected chi connectivity index (χ4v) is 1.86. The summed E-state index contributed by atoms with van der Waals surface area (Å²) < 4.78 is 10.4. The Labute approximate surface area is 100 Å². The largest absolute Gasteiger partial charge is 0.497 e. The van der Waals surface area contributed by atoms with Gasteiger partial charge in [-0.15, -0.1) is 0 Å². The maximum atomic E-state index is 11.7. The molecule has 1 aromatic carbocycles. The number of piperazine rings is 1. The summed E-state index contributed by atoms with van der Waals surface area (Å²) >= 11 is 0. The lowest BCUT2D eigenvalue weighted by Crippen LogP contribution is -2.47. The number of ether oxygens (including phenoxy) is 2. The molecule has 0 aromatic heterocycles. The Bertz CT molecular complexity index is 398. The molecule has 1 saturated heterocycles. The van der Waals surface area contributed by atoms with Gasteiger partial charge in [0.25, 0.3) is 0 Å². The van der Waals surface area contributed by atoms with E-state index in [-0.39, 0.29) is 11.9 Å². The lowest BCUT2D eigenvalue weighted by molar-refractivity contribution is -0.124. The third-order valence-electron chi connectivity index (χ3n) is 2.74. The highest BCUT2D eigenvalue weighted by molar-refractivity contribution is 5.84. The maximum absolute atomic E-state index is 11.7. The van der Waals surface area contributed by atoms with Gasteiger partial charge in [-0.3, -0.25) is 4.79 Å². The zero-order chi connectivity index (χ0) is 12.3. The van der Waals surface area contributed by atoms with E-state index in [1.54, 1.807) is 20.3 Å². The first-order valence-electron chi connectivity index (χ1n) is 5.48. The lowest BCUT2D eigenvalue weighted by Gasteiger charge is -2.24. The van der Waals surface area contributed by atoms with E-state index in [2.05, 4.69) is 10.6 Å². The molecule has 1 heterocycles. The minimum absolute atomic E-state index is 0.0217. The van der Waals surface area contributed by atoms with E-state index < -0.39 is 0 Å². The standard InChI is InChI=1S/C12H16N2O3/c1-16-9-5-8(6-10(7-9)17-2)11-12(15)14-4-3-13-11/h5-7,11,13H,3-4H2,1-2H3,(H,14,15). The number of methoxy groups -OCH3 is 2. The first kappa shape index (κ1) is 11.7. The van der Waals surface area contributed by atoms with E-state index in [1.165, 1.54) is 0 Å². The lowest BCUT2D eigenvalue weighted by atomic mass is 10.0. The summed E-state index contributed by atoms with van der Waals surface area (Å²) in [4.78, 5) is 11.7. The third-order valence-corrected chi connectivity index (χ3v) is 2.74. The van der Waals surface area contributed by atoms with Crippen molar-refractivity contribution in [2.75, 3.05) is 27.3 Å². The van der Waals surface area contributed by atoms with E-state index in [9.17, 15) is 4.79 Å². The highest BCUT2D eigenvalue weighted by atomic mass is 16.5. The van der Waals surface area contributed by atoms with Gasteiger partial charge in [-0.05, 0) is 17.7 Å². The molecule has 1 aromatic rings. The Balaban J connectivity index is 2.32. The molecular weight excluding hydrogens is 220 g/mol. The van der Waals surface area contributed by atoms with Crippen molar-refractivity contribution in [3.05, 3.63) is 23.8 Å². The molecule has 1 unspecified atom stereocenters. The summed E-state index contributed by atoms with van der Waals surface area (Å²) in [6.45, 7) is 1.42. The van der Waals surface area contributed by atoms with Crippen molar-refractivity contribution < 1.29 is 14.3 Å². The molecule has 1 amide bonds. The molecular formula is C12H16N2O3. The van der Waals surface area contributed by atoms with Gasteiger partial charge in [0, 0.05) is 19.2 Å². The maximum Gasteiger partial charge on any atom is 0.241 e. The average molecular weight is 236 g/mol. The smallest absolute Gasteiger partial charge is 0.241 e. The molecule has 17 heavy (non-hydrogen) atoms. The highest BCUT2D eigenvalue weighted by Gasteiger charge is 2.24. The van der Waals surface area contributed by atoms with Crippen LogP contribution in [0.1, 0.15) is 11.6 Å². The van der Waals surface area contributed by atoms with Gasteiger partial charge in [0.1, 0.15) is 17.5 Å². The Morgan fingerprint density at radius 3 is 2.29 bits per heavy atom. The molecule has 0 saturated carbocycles. The first-order valence-corrected chi connectivity index (χ1v) is 5.48. The molecule has 1 aliphatic heterocycles. The fraction of sp³-hybridized carbons (Fsp3) is 0.417. The van der Waals surface area contributed by atoms with Gasteiger partial charge in [0.05, 0.1) is 14.2 Å². The summed E-state index contributed by atoms with van der Waals surface area (Å²) in [6.07, 6.45) is 0. The molecule has 2 N–H and O–H groups in total. The van der Waals surface area contributed by atoms with Crippen molar-refractivity contribution in [3.63, 3.8) is 0 Å². The normalized spacial score (nSPS) is 19.6. The van der Waals surface area contributed by atoms with Crippen LogP contribution in [0.4, 0.5) is 0 Å². The van der Waals surface area contributed by atoms with Gasteiger partial charge in [-0.1, -0.05) is 0 Å². The van der Waals surface area contributed by atoms with Crippen LogP contribution in [0, 0.1) is 0 Å². The summed E-state index contributed by atoms with van der Waals surface area (Å²) in [7, 11) is 3.18. The summed E-state index contributed by atoms with van der Waals surface area (Å²) in [6, 6.07) is 5.12. The minimum Gasteiger partial charge on any atom is -0.497 e. The van der Waals surface area contributed by atoms with Gasteiger partial charge in [-0.25, -0.2) is 0 Å². The van der Waals surface area contributed by atoms with Crippen LogP contribution in [0.25, 0.3) is 0 Å². The zero-order valence-electron chi connectivity index (χ0n) is 9.95.